The highest BCUT2D eigenvalue weighted by atomic mass is 16.5. The van der Waals surface area contributed by atoms with Crippen LogP contribution in [0.5, 0.6) is 5.75 Å². The maximum Gasteiger partial charge on any atom is 0.251 e. The van der Waals surface area contributed by atoms with E-state index in [1.807, 2.05) is 31.2 Å². The molecule has 4 nitrogen and oxygen atoms in total. The van der Waals surface area contributed by atoms with Gasteiger partial charge in [-0.05, 0) is 32.3 Å². The summed E-state index contributed by atoms with van der Waals surface area (Å²) in [5, 5.41) is 0. The molecule has 0 atom stereocenters. The van der Waals surface area contributed by atoms with Crippen molar-refractivity contribution in [3.05, 3.63) is 41.2 Å². The molecule has 0 saturated heterocycles. The zero-order valence-corrected chi connectivity index (χ0v) is 14.1. The van der Waals surface area contributed by atoms with Gasteiger partial charge in [0.2, 0.25) is 0 Å². The highest BCUT2D eigenvalue weighted by molar-refractivity contribution is 6.03. The lowest BCUT2D eigenvalue weighted by Gasteiger charge is -2.13. The second kappa shape index (κ2) is 6.11. The van der Waals surface area contributed by atoms with Gasteiger partial charge in [0.15, 0.2) is 0 Å². The zero-order valence-electron chi connectivity index (χ0n) is 14.1. The van der Waals surface area contributed by atoms with Crippen molar-refractivity contribution < 1.29 is 9.53 Å². The fraction of sp³-hybridized carbons (Fsp3) is 0.421. The number of rotatable bonds is 6. The molecule has 0 unspecified atom stereocenters. The molecule has 2 N–H and O–H groups in total. The van der Waals surface area contributed by atoms with E-state index in [-0.39, 0.29) is 5.91 Å². The number of aromatic nitrogens is 1. The number of carbonyl (C=O) groups is 1. The molecular formula is C19H24N2O2. The number of ether oxygens (including phenoxy) is 1. The average Bonchev–Trinajstić information content (AvgIpc) is 3.32. The van der Waals surface area contributed by atoms with Crippen molar-refractivity contribution in [2.75, 3.05) is 7.11 Å². The summed E-state index contributed by atoms with van der Waals surface area (Å²) in [5.41, 5.74) is 10.5. The lowest BCUT2D eigenvalue weighted by molar-refractivity contribution is 0.1000. The molecule has 122 valence electrons. The van der Waals surface area contributed by atoms with E-state index < -0.39 is 0 Å². The summed E-state index contributed by atoms with van der Waals surface area (Å²) < 4.78 is 7.87. The van der Waals surface area contributed by atoms with Gasteiger partial charge in [0.05, 0.1) is 12.7 Å². The van der Waals surface area contributed by atoms with Crippen molar-refractivity contribution in [3.8, 4) is 16.9 Å². The van der Waals surface area contributed by atoms with Crippen molar-refractivity contribution in [1.29, 1.82) is 0 Å². The van der Waals surface area contributed by atoms with Crippen LogP contribution in [0.25, 0.3) is 11.1 Å². The fourth-order valence-corrected chi connectivity index (χ4v) is 3.52. The van der Waals surface area contributed by atoms with Crippen LogP contribution in [-0.4, -0.2) is 17.6 Å². The summed E-state index contributed by atoms with van der Waals surface area (Å²) >= 11 is 0. The van der Waals surface area contributed by atoms with Crippen LogP contribution < -0.4 is 10.5 Å². The van der Waals surface area contributed by atoms with Crippen LogP contribution >= 0.6 is 0 Å². The van der Waals surface area contributed by atoms with Crippen LogP contribution in [0.15, 0.2) is 24.3 Å². The van der Waals surface area contributed by atoms with Crippen molar-refractivity contribution in [2.24, 2.45) is 5.73 Å². The van der Waals surface area contributed by atoms with E-state index >= 15 is 0 Å². The summed E-state index contributed by atoms with van der Waals surface area (Å²) in [4.78, 5) is 12.2. The van der Waals surface area contributed by atoms with E-state index in [9.17, 15) is 4.79 Å². The Morgan fingerprint density at radius 3 is 2.61 bits per heavy atom. The molecule has 1 amide bonds. The van der Waals surface area contributed by atoms with Crippen LogP contribution in [0.4, 0.5) is 0 Å². The van der Waals surface area contributed by atoms with Gasteiger partial charge in [-0.3, -0.25) is 4.79 Å². The third kappa shape index (κ3) is 2.62. The van der Waals surface area contributed by atoms with E-state index in [1.54, 1.807) is 7.11 Å². The minimum absolute atomic E-state index is 0.361. The van der Waals surface area contributed by atoms with Crippen molar-refractivity contribution >= 4 is 5.91 Å². The molecule has 1 aliphatic carbocycles. The molecular weight excluding hydrogens is 288 g/mol. The Bertz CT molecular complexity index is 742. The van der Waals surface area contributed by atoms with Crippen LogP contribution in [0.2, 0.25) is 0 Å². The summed E-state index contributed by atoms with van der Waals surface area (Å²) in [5.74, 6) is 0.417. The number of primary amides is 1. The molecule has 3 rings (SSSR count). The Hall–Kier alpha value is -2.23. The Kier molecular flexibility index (Phi) is 4.16. The number of carbonyl (C=O) groups excluding carboxylic acids is 1. The van der Waals surface area contributed by atoms with Crippen LogP contribution in [-0.2, 0) is 6.42 Å². The smallest absolute Gasteiger partial charge is 0.251 e. The van der Waals surface area contributed by atoms with Crippen molar-refractivity contribution in [1.82, 2.24) is 4.57 Å². The molecule has 1 aromatic heterocycles. The van der Waals surface area contributed by atoms with Gasteiger partial charge in [0.25, 0.3) is 5.91 Å². The normalized spacial score (nSPS) is 14.0. The Balaban J connectivity index is 2.33. The molecule has 0 bridgehead atoms. The lowest BCUT2D eigenvalue weighted by atomic mass is 9.97. The van der Waals surface area contributed by atoms with Crippen molar-refractivity contribution in [3.63, 3.8) is 0 Å². The summed E-state index contributed by atoms with van der Waals surface area (Å²) in [7, 11) is 1.66. The molecule has 0 spiro atoms. The Labute approximate surface area is 137 Å². The maximum atomic E-state index is 12.2. The molecule has 1 fully saturated rings. The van der Waals surface area contributed by atoms with Gasteiger partial charge in [-0.1, -0.05) is 31.5 Å². The number of benzene rings is 1. The summed E-state index contributed by atoms with van der Waals surface area (Å²) in [6.45, 7) is 4.17. The van der Waals surface area contributed by atoms with Crippen LogP contribution in [0.1, 0.15) is 54.0 Å². The first-order valence-electron chi connectivity index (χ1n) is 8.27. The average molecular weight is 312 g/mol. The highest BCUT2D eigenvalue weighted by Crippen LogP contribution is 2.45. The van der Waals surface area contributed by atoms with Gasteiger partial charge in [-0.2, -0.15) is 0 Å². The Morgan fingerprint density at radius 2 is 2.04 bits per heavy atom. The molecule has 1 heterocycles. The van der Waals surface area contributed by atoms with Gasteiger partial charge < -0.3 is 15.0 Å². The van der Waals surface area contributed by atoms with E-state index in [0.717, 1.165) is 35.4 Å². The molecule has 1 aliphatic rings. The monoisotopic (exact) mass is 312 g/mol. The number of nitrogens with two attached hydrogens (primary N) is 1. The first-order chi connectivity index (χ1) is 11.1. The van der Waals surface area contributed by atoms with Gasteiger partial charge in [0.1, 0.15) is 5.75 Å². The van der Waals surface area contributed by atoms with E-state index in [0.29, 0.717) is 11.6 Å². The lowest BCUT2D eigenvalue weighted by Crippen LogP contribution is -2.13. The van der Waals surface area contributed by atoms with Crippen LogP contribution in [0, 0.1) is 6.92 Å². The number of methoxy groups -OCH3 is 1. The number of hydrogen-bond acceptors (Lipinski definition) is 2. The second-order valence-corrected chi connectivity index (χ2v) is 6.20. The second-order valence-electron chi connectivity index (χ2n) is 6.20. The third-order valence-corrected chi connectivity index (χ3v) is 4.57. The fourth-order valence-electron chi connectivity index (χ4n) is 3.52. The molecule has 4 heteroatoms. The van der Waals surface area contributed by atoms with Gasteiger partial charge in [-0.25, -0.2) is 0 Å². The van der Waals surface area contributed by atoms with Crippen molar-refractivity contribution in [2.45, 2.75) is 45.6 Å². The van der Waals surface area contributed by atoms with Gasteiger partial charge in [-0.15, -0.1) is 0 Å². The molecule has 23 heavy (non-hydrogen) atoms. The predicted octanol–water partition coefficient (Wildman–Crippen LogP) is 3.86. The predicted molar refractivity (Wildman–Crippen MR) is 91.9 cm³/mol. The Morgan fingerprint density at radius 1 is 1.35 bits per heavy atom. The largest absolute Gasteiger partial charge is 0.496 e. The minimum Gasteiger partial charge on any atom is -0.496 e. The first kappa shape index (κ1) is 15.7. The highest BCUT2D eigenvalue weighted by Gasteiger charge is 2.33. The van der Waals surface area contributed by atoms with Gasteiger partial charge >= 0.3 is 0 Å². The topological polar surface area (TPSA) is 57.2 Å². The van der Waals surface area contributed by atoms with E-state index in [2.05, 4.69) is 11.5 Å². The summed E-state index contributed by atoms with van der Waals surface area (Å²) in [6.07, 6.45) is 4.31. The maximum absolute atomic E-state index is 12.2. The third-order valence-electron chi connectivity index (χ3n) is 4.57. The van der Waals surface area contributed by atoms with E-state index in [1.165, 1.54) is 18.5 Å². The minimum atomic E-state index is -0.361. The summed E-state index contributed by atoms with van der Waals surface area (Å²) in [6, 6.07) is 8.37. The number of amides is 1. The standard InChI is InChI=1S/C19H24N2O2/c1-4-7-15-18(14-8-5-6-9-16(14)23-3)17(19(20)22)12(2)21(15)13-10-11-13/h5-6,8-9,13H,4,7,10-11H2,1-3H3,(H2,20,22). The number of nitrogens with zero attached hydrogens (tertiary/aromatic N) is 1. The van der Waals surface area contributed by atoms with E-state index in [4.69, 9.17) is 10.5 Å². The van der Waals surface area contributed by atoms with Gasteiger partial charge in [0, 0.05) is 28.6 Å². The van der Waals surface area contributed by atoms with Crippen LogP contribution in [0.3, 0.4) is 0 Å². The zero-order chi connectivity index (χ0) is 16.6. The molecule has 1 saturated carbocycles. The molecule has 2 aromatic rings. The SMILES string of the molecule is CCCc1c(-c2ccccc2OC)c(C(N)=O)c(C)n1C1CC1. The molecule has 0 aliphatic heterocycles. The first-order valence-corrected chi connectivity index (χ1v) is 8.27. The quantitative estimate of drug-likeness (QED) is 0.880. The molecule has 1 aromatic carbocycles. The molecule has 0 radical (unpaired) electrons. The number of para-hydroxylation sites is 1. The number of hydrogen-bond donors (Lipinski definition) is 1.